The molecule has 0 aromatic heterocycles. The van der Waals surface area contributed by atoms with Crippen LogP contribution in [0.25, 0.3) is 0 Å². The Hall–Kier alpha value is -0.0800. The molecule has 2 heteroatoms. The van der Waals surface area contributed by atoms with Gasteiger partial charge in [-0.15, -0.1) is 0 Å². The van der Waals surface area contributed by atoms with Crippen LogP contribution in [0.3, 0.4) is 0 Å². The van der Waals surface area contributed by atoms with Crippen molar-refractivity contribution < 1.29 is 0 Å². The van der Waals surface area contributed by atoms with Gasteiger partial charge in [0.05, 0.1) is 0 Å². The molecule has 1 heterocycles. The van der Waals surface area contributed by atoms with Crippen molar-refractivity contribution in [3.8, 4) is 0 Å². The average Bonchev–Trinajstić information content (AvgIpc) is 2.09. The third kappa shape index (κ3) is 8.26. The van der Waals surface area contributed by atoms with Crippen molar-refractivity contribution >= 4 is 0 Å². The third-order valence-electron chi connectivity index (χ3n) is 1.76. The normalized spacial score (nSPS) is 20.5. The fourth-order valence-electron chi connectivity index (χ4n) is 1.39. The van der Waals surface area contributed by atoms with E-state index in [4.69, 9.17) is 0 Å². The number of nitrogens with one attached hydrogen (secondary N) is 1. The fourth-order valence-corrected chi connectivity index (χ4v) is 1.39. The number of nitrogens with zero attached hydrogens (tertiary/aromatic N) is 1. The van der Waals surface area contributed by atoms with Crippen molar-refractivity contribution in [1.82, 2.24) is 10.2 Å². The van der Waals surface area contributed by atoms with Crippen molar-refractivity contribution in [2.75, 3.05) is 26.7 Å². The van der Waals surface area contributed by atoms with Gasteiger partial charge in [0.2, 0.25) is 0 Å². The summed E-state index contributed by atoms with van der Waals surface area (Å²) in [5, 5.41) is 3.45. The molecule has 2 nitrogen and oxygen atoms in total. The zero-order valence-corrected chi connectivity index (χ0v) is 10.6. The van der Waals surface area contributed by atoms with Crippen LogP contribution in [0.5, 0.6) is 0 Å². The maximum atomic E-state index is 3.45. The van der Waals surface area contributed by atoms with Gasteiger partial charge < -0.3 is 10.2 Å². The van der Waals surface area contributed by atoms with Gasteiger partial charge in [0, 0.05) is 25.2 Å². The molecule has 0 bridgehead atoms. The zero-order valence-electron chi connectivity index (χ0n) is 10.6. The predicted molar refractivity (Wildman–Crippen MR) is 62.3 cm³/mol. The summed E-state index contributed by atoms with van der Waals surface area (Å²) in [6, 6.07) is 0. The van der Waals surface area contributed by atoms with E-state index in [-0.39, 0.29) is 0 Å². The monoisotopic (exact) mass is 188 g/mol. The minimum Gasteiger partial charge on any atom is -0.309 e. The lowest BCUT2D eigenvalue weighted by atomic mass is 10.0. The van der Waals surface area contributed by atoms with Gasteiger partial charge in [0.25, 0.3) is 0 Å². The largest absolute Gasteiger partial charge is 0.309 e. The maximum absolute atomic E-state index is 3.45. The molecule has 0 aromatic rings. The standard InChI is InChI=1S/C7H16N2.2C2H6/c1-7(2)6-9(3)5-4-8-7;2*1-2/h8H,4-6H2,1-3H3;2*1-2H3. The molecule has 0 aliphatic carbocycles. The lowest BCUT2D eigenvalue weighted by Gasteiger charge is -2.36. The van der Waals surface area contributed by atoms with E-state index in [0.29, 0.717) is 5.54 Å². The van der Waals surface area contributed by atoms with Gasteiger partial charge in [0.1, 0.15) is 0 Å². The molecule has 0 radical (unpaired) electrons. The molecule has 13 heavy (non-hydrogen) atoms. The van der Waals surface area contributed by atoms with Gasteiger partial charge in [-0.2, -0.15) is 0 Å². The highest BCUT2D eigenvalue weighted by Crippen LogP contribution is 2.07. The molecule has 0 saturated carbocycles. The first-order valence-electron chi connectivity index (χ1n) is 5.54. The minimum absolute atomic E-state index is 0.326. The Bertz CT molecular complexity index is 100. The number of rotatable bonds is 0. The molecule has 0 amide bonds. The number of hydrogen-bond acceptors (Lipinski definition) is 2. The second-order valence-corrected chi connectivity index (χ2v) is 3.55. The second-order valence-electron chi connectivity index (χ2n) is 3.55. The van der Waals surface area contributed by atoms with Crippen LogP contribution < -0.4 is 5.32 Å². The Labute approximate surface area is 84.7 Å². The van der Waals surface area contributed by atoms with E-state index in [1.807, 2.05) is 27.7 Å². The van der Waals surface area contributed by atoms with Crippen LogP contribution in [0.4, 0.5) is 0 Å². The smallest absolute Gasteiger partial charge is 0.0252 e. The Morgan fingerprint density at radius 1 is 1.08 bits per heavy atom. The molecule has 0 spiro atoms. The highest BCUT2D eigenvalue weighted by Gasteiger charge is 2.22. The third-order valence-corrected chi connectivity index (χ3v) is 1.76. The topological polar surface area (TPSA) is 15.3 Å². The first-order chi connectivity index (χ1) is 6.10. The van der Waals surface area contributed by atoms with Crippen molar-refractivity contribution in [3.63, 3.8) is 0 Å². The van der Waals surface area contributed by atoms with Crippen LogP contribution in [0.2, 0.25) is 0 Å². The maximum Gasteiger partial charge on any atom is 0.0252 e. The van der Waals surface area contributed by atoms with E-state index < -0.39 is 0 Å². The molecule has 1 aliphatic heterocycles. The van der Waals surface area contributed by atoms with Crippen molar-refractivity contribution in [3.05, 3.63) is 0 Å². The highest BCUT2D eigenvalue weighted by molar-refractivity contribution is 4.84. The highest BCUT2D eigenvalue weighted by atomic mass is 15.2. The summed E-state index contributed by atoms with van der Waals surface area (Å²) in [4.78, 5) is 2.36. The van der Waals surface area contributed by atoms with E-state index in [9.17, 15) is 0 Å². The summed E-state index contributed by atoms with van der Waals surface area (Å²) in [7, 11) is 2.17. The Morgan fingerprint density at radius 2 is 1.54 bits per heavy atom. The van der Waals surface area contributed by atoms with Gasteiger partial charge in [-0.05, 0) is 20.9 Å². The lowest BCUT2D eigenvalue weighted by Crippen LogP contribution is -2.55. The molecule has 1 N–H and O–H groups in total. The first-order valence-corrected chi connectivity index (χ1v) is 5.54. The second kappa shape index (κ2) is 8.52. The molecule has 0 unspecified atom stereocenters. The van der Waals surface area contributed by atoms with Crippen LogP contribution in [-0.4, -0.2) is 37.1 Å². The Morgan fingerprint density at radius 3 is 1.77 bits per heavy atom. The Kier molecular flexibility index (Phi) is 10.1. The van der Waals surface area contributed by atoms with E-state index in [1.54, 1.807) is 0 Å². The summed E-state index contributed by atoms with van der Waals surface area (Å²) in [6.07, 6.45) is 0. The number of piperazine rings is 1. The van der Waals surface area contributed by atoms with Crippen molar-refractivity contribution in [2.45, 2.75) is 47.1 Å². The predicted octanol–water partition coefficient (Wildman–Crippen LogP) is 2.35. The minimum atomic E-state index is 0.326. The first kappa shape index (κ1) is 15.4. The SMILES string of the molecule is CC.CC.CN1CCNC(C)(C)C1. The number of likely N-dealkylation sites (N-methyl/N-ethyl adjacent to an activating group) is 1. The molecule has 1 rings (SSSR count). The average molecular weight is 188 g/mol. The van der Waals surface area contributed by atoms with Crippen LogP contribution in [0.1, 0.15) is 41.5 Å². The molecule has 1 aliphatic rings. The molecule has 82 valence electrons. The zero-order chi connectivity index (χ0) is 10.9. The fraction of sp³-hybridized carbons (Fsp3) is 1.00. The summed E-state index contributed by atoms with van der Waals surface area (Å²) in [5.41, 5.74) is 0.326. The summed E-state index contributed by atoms with van der Waals surface area (Å²) < 4.78 is 0. The number of hydrogen-bond donors (Lipinski definition) is 1. The summed E-state index contributed by atoms with van der Waals surface area (Å²) in [5.74, 6) is 0. The van der Waals surface area contributed by atoms with Crippen molar-refractivity contribution in [2.24, 2.45) is 0 Å². The van der Waals surface area contributed by atoms with Gasteiger partial charge in [-0.3, -0.25) is 0 Å². The Balaban J connectivity index is 0. The van der Waals surface area contributed by atoms with Gasteiger partial charge >= 0.3 is 0 Å². The molecule has 0 atom stereocenters. The van der Waals surface area contributed by atoms with E-state index in [0.717, 1.165) is 13.1 Å². The lowest BCUT2D eigenvalue weighted by molar-refractivity contribution is 0.185. The molecule has 0 aromatic carbocycles. The van der Waals surface area contributed by atoms with Crippen LogP contribution in [0.15, 0.2) is 0 Å². The van der Waals surface area contributed by atoms with Gasteiger partial charge in [0.15, 0.2) is 0 Å². The summed E-state index contributed by atoms with van der Waals surface area (Å²) in [6.45, 7) is 15.9. The van der Waals surface area contributed by atoms with Crippen LogP contribution in [0, 0.1) is 0 Å². The van der Waals surface area contributed by atoms with Gasteiger partial charge in [-0.1, -0.05) is 27.7 Å². The van der Waals surface area contributed by atoms with Gasteiger partial charge in [-0.25, -0.2) is 0 Å². The van der Waals surface area contributed by atoms with E-state index in [1.165, 1.54) is 6.54 Å². The van der Waals surface area contributed by atoms with E-state index >= 15 is 0 Å². The molecular formula is C11H28N2. The quantitative estimate of drug-likeness (QED) is 0.628. The summed E-state index contributed by atoms with van der Waals surface area (Å²) >= 11 is 0. The van der Waals surface area contributed by atoms with Crippen LogP contribution in [-0.2, 0) is 0 Å². The molecule has 1 fully saturated rings. The van der Waals surface area contributed by atoms with Crippen molar-refractivity contribution in [1.29, 1.82) is 0 Å². The van der Waals surface area contributed by atoms with E-state index in [2.05, 4.69) is 31.1 Å². The molecule has 1 saturated heterocycles. The molecular weight excluding hydrogens is 160 g/mol. The van der Waals surface area contributed by atoms with Crippen LogP contribution >= 0.6 is 0 Å².